The van der Waals surface area contributed by atoms with E-state index in [9.17, 15) is 18.0 Å². The summed E-state index contributed by atoms with van der Waals surface area (Å²) in [6, 6.07) is 14.1. The van der Waals surface area contributed by atoms with Gasteiger partial charge in [0, 0.05) is 6.54 Å². The molecule has 0 bridgehead atoms. The molecule has 0 aliphatic carbocycles. The standard InChI is InChI=1S/C23H20N2O6S2/c1-15-4-7-17(8-5-15)25-21(26)12-18(23(25)27)24(33(28,29)22-3-2-10-32-22)13-16-6-9-19-20(11-16)31-14-30-19/h2-11,18H,12-14H2,1H3. The van der Waals surface area contributed by atoms with Crippen LogP contribution in [-0.2, 0) is 26.2 Å². The van der Waals surface area contributed by atoms with Crippen LogP contribution in [0.25, 0.3) is 0 Å². The highest BCUT2D eigenvalue weighted by atomic mass is 32.2. The van der Waals surface area contributed by atoms with Crippen LogP contribution in [0.15, 0.2) is 64.2 Å². The highest BCUT2D eigenvalue weighted by molar-refractivity contribution is 7.91. The van der Waals surface area contributed by atoms with Crippen LogP contribution in [0.2, 0.25) is 0 Å². The zero-order valence-corrected chi connectivity index (χ0v) is 19.3. The lowest BCUT2D eigenvalue weighted by molar-refractivity contribution is -0.122. The molecule has 1 aromatic heterocycles. The summed E-state index contributed by atoms with van der Waals surface area (Å²) in [4.78, 5) is 27.3. The molecular weight excluding hydrogens is 464 g/mol. The third-order valence-corrected chi connectivity index (χ3v) is 8.82. The summed E-state index contributed by atoms with van der Waals surface area (Å²) < 4.78 is 39.1. The van der Waals surface area contributed by atoms with Gasteiger partial charge in [0.1, 0.15) is 10.3 Å². The number of imide groups is 1. The van der Waals surface area contributed by atoms with E-state index in [1.807, 2.05) is 6.92 Å². The first kappa shape index (κ1) is 21.6. The van der Waals surface area contributed by atoms with Crippen molar-refractivity contribution in [2.24, 2.45) is 0 Å². The molecule has 1 fully saturated rings. The number of hydrogen-bond donors (Lipinski definition) is 0. The SMILES string of the molecule is Cc1ccc(N2C(=O)CC(N(Cc3ccc4c(c3)OCO4)S(=O)(=O)c3cccs3)C2=O)cc1. The first-order chi connectivity index (χ1) is 15.8. The van der Waals surface area contributed by atoms with Gasteiger partial charge in [-0.25, -0.2) is 13.3 Å². The molecule has 2 aliphatic heterocycles. The summed E-state index contributed by atoms with van der Waals surface area (Å²) in [5, 5.41) is 1.66. The highest BCUT2D eigenvalue weighted by Crippen LogP contribution is 2.35. The van der Waals surface area contributed by atoms with Crippen LogP contribution in [0.5, 0.6) is 11.5 Å². The van der Waals surface area contributed by atoms with Crippen LogP contribution >= 0.6 is 11.3 Å². The Bertz CT molecular complexity index is 1320. The minimum atomic E-state index is -4.04. The van der Waals surface area contributed by atoms with Crippen molar-refractivity contribution in [2.45, 2.75) is 30.1 Å². The van der Waals surface area contributed by atoms with E-state index in [1.54, 1.807) is 53.9 Å². The smallest absolute Gasteiger partial charge is 0.253 e. The lowest BCUT2D eigenvalue weighted by atomic mass is 10.1. The van der Waals surface area contributed by atoms with Crippen LogP contribution in [-0.4, -0.2) is 37.4 Å². The van der Waals surface area contributed by atoms with E-state index >= 15 is 0 Å². The molecule has 5 rings (SSSR count). The monoisotopic (exact) mass is 484 g/mol. The molecule has 2 amide bonds. The normalized spacial score (nSPS) is 17.9. The topological polar surface area (TPSA) is 93.2 Å². The molecule has 33 heavy (non-hydrogen) atoms. The molecule has 0 spiro atoms. The van der Waals surface area contributed by atoms with Crippen molar-refractivity contribution >= 4 is 38.9 Å². The number of anilines is 1. The van der Waals surface area contributed by atoms with Gasteiger partial charge in [-0.1, -0.05) is 29.8 Å². The Morgan fingerprint density at radius 3 is 2.55 bits per heavy atom. The quantitative estimate of drug-likeness (QED) is 0.499. The number of hydrogen-bond acceptors (Lipinski definition) is 7. The van der Waals surface area contributed by atoms with E-state index in [2.05, 4.69) is 0 Å². The van der Waals surface area contributed by atoms with E-state index in [0.717, 1.165) is 26.1 Å². The minimum absolute atomic E-state index is 0.0944. The van der Waals surface area contributed by atoms with Crippen molar-refractivity contribution in [1.82, 2.24) is 4.31 Å². The van der Waals surface area contributed by atoms with Gasteiger partial charge >= 0.3 is 0 Å². The van der Waals surface area contributed by atoms with Gasteiger partial charge in [-0.2, -0.15) is 4.31 Å². The van der Waals surface area contributed by atoms with Crippen LogP contribution < -0.4 is 14.4 Å². The van der Waals surface area contributed by atoms with Gasteiger partial charge in [0.2, 0.25) is 12.7 Å². The fraction of sp³-hybridized carbons (Fsp3) is 0.217. The van der Waals surface area contributed by atoms with Crippen LogP contribution in [0.4, 0.5) is 5.69 Å². The van der Waals surface area contributed by atoms with Gasteiger partial charge in [-0.05, 0) is 48.2 Å². The Hall–Kier alpha value is -3.21. The zero-order chi connectivity index (χ0) is 23.2. The number of aryl methyl sites for hydroxylation is 1. The molecule has 0 N–H and O–H groups in total. The third-order valence-electron chi connectivity index (χ3n) is 5.60. The molecule has 1 unspecified atom stereocenters. The number of rotatable bonds is 6. The van der Waals surface area contributed by atoms with Crippen molar-refractivity contribution in [1.29, 1.82) is 0 Å². The third kappa shape index (κ3) is 3.90. The van der Waals surface area contributed by atoms with E-state index < -0.39 is 27.9 Å². The summed E-state index contributed by atoms with van der Waals surface area (Å²) in [6.45, 7) is 1.90. The first-order valence-corrected chi connectivity index (χ1v) is 12.5. The summed E-state index contributed by atoms with van der Waals surface area (Å²) in [6.07, 6.45) is -0.234. The molecular formula is C23H20N2O6S2. The van der Waals surface area contributed by atoms with Crippen molar-refractivity contribution in [3.63, 3.8) is 0 Å². The van der Waals surface area contributed by atoms with Crippen LogP contribution in [0.1, 0.15) is 17.5 Å². The minimum Gasteiger partial charge on any atom is -0.454 e. The second-order valence-corrected chi connectivity index (χ2v) is 10.9. The van der Waals surface area contributed by atoms with Crippen molar-refractivity contribution < 1.29 is 27.5 Å². The number of fused-ring (bicyclic) bond motifs is 1. The summed E-state index contributed by atoms with van der Waals surface area (Å²) in [7, 11) is -4.04. The fourth-order valence-corrected chi connectivity index (χ4v) is 6.60. The Balaban J connectivity index is 1.52. The van der Waals surface area contributed by atoms with Gasteiger partial charge < -0.3 is 9.47 Å². The lowest BCUT2D eigenvalue weighted by Gasteiger charge is -2.26. The molecule has 1 saturated heterocycles. The van der Waals surface area contributed by atoms with Gasteiger partial charge in [0.25, 0.3) is 15.9 Å². The average molecular weight is 485 g/mol. The predicted octanol–water partition coefficient (Wildman–Crippen LogP) is 3.31. The average Bonchev–Trinajstić information content (AvgIpc) is 3.54. The maximum Gasteiger partial charge on any atom is 0.253 e. The van der Waals surface area contributed by atoms with Crippen LogP contribution in [0.3, 0.4) is 0 Å². The fourth-order valence-electron chi connectivity index (χ4n) is 3.91. The van der Waals surface area contributed by atoms with E-state index in [1.165, 1.54) is 6.07 Å². The van der Waals surface area contributed by atoms with Crippen molar-refractivity contribution in [3.05, 3.63) is 71.1 Å². The number of benzene rings is 2. The van der Waals surface area contributed by atoms with Crippen molar-refractivity contribution in [3.8, 4) is 11.5 Å². The van der Waals surface area contributed by atoms with Gasteiger partial charge in [-0.15, -0.1) is 11.3 Å². The van der Waals surface area contributed by atoms with Gasteiger partial charge in [0.05, 0.1) is 12.1 Å². The number of ether oxygens (including phenoxy) is 2. The maximum atomic E-state index is 13.6. The van der Waals surface area contributed by atoms with E-state index in [0.29, 0.717) is 22.7 Å². The maximum absolute atomic E-state index is 13.6. The molecule has 1 atom stereocenters. The zero-order valence-electron chi connectivity index (χ0n) is 17.6. The number of carbonyl (C=O) groups excluding carboxylic acids is 2. The Kier molecular flexibility index (Phi) is 5.43. The highest BCUT2D eigenvalue weighted by Gasteiger charge is 2.47. The largest absolute Gasteiger partial charge is 0.454 e. The Labute approximate surface area is 195 Å². The summed E-state index contributed by atoms with van der Waals surface area (Å²) in [5.41, 5.74) is 2.03. The second-order valence-electron chi connectivity index (χ2n) is 7.79. The first-order valence-electron chi connectivity index (χ1n) is 10.2. The van der Waals surface area contributed by atoms with Crippen LogP contribution in [0, 0.1) is 6.92 Å². The Morgan fingerprint density at radius 2 is 1.82 bits per heavy atom. The molecule has 2 aliphatic rings. The number of thiophene rings is 1. The molecule has 0 radical (unpaired) electrons. The summed E-state index contributed by atoms with van der Waals surface area (Å²) in [5.74, 6) is 0.0794. The molecule has 3 heterocycles. The molecule has 3 aromatic rings. The van der Waals surface area contributed by atoms with Gasteiger partial charge in [0.15, 0.2) is 11.5 Å². The lowest BCUT2D eigenvalue weighted by Crippen LogP contribution is -2.44. The molecule has 2 aromatic carbocycles. The number of amides is 2. The van der Waals surface area contributed by atoms with Gasteiger partial charge in [-0.3, -0.25) is 9.59 Å². The number of carbonyl (C=O) groups is 2. The van der Waals surface area contributed by atoms with E-state index in [4.69, 9.17) is 9.47 Å². The Morgan fingerprint density at radius 1 is 1.06 bits per heavy atom. The number of nitrogens with zero attached hydrogens (tertiary/aromatic N) is 2. The molecule has 170 valence electrons. The second kappa shape index (κ2) is 8.29. The molecule has 10 heteroatoms. The summed E-state index contributed by atoms with van der Waals surface area (Å²) >= 11 is 1.06. The molecule has 0 saturated carbocycles. The van der Waals surface area contributed by atoms with Crippen molar-refractivity contribution in [2.75, 3.05) is 11.7 Å². The predicted molar refractivity (Wildman–Crippen MR) is 122 cm³/mol. The number of sulfonamides is 1. The van der Waals surface area contributed by atoms with E-state index in [-0.39, 0.29) is 24.0 Å². The molecule has 8 nitrogen and oxygen atoms in total.